The zero-order valence-corrected chi connectivity index (χ0v) is 15.5. The summed E-state index contributed by atoms with van der Waals surface area (Å²) in [6, 6.07) is 4.34. The van der Waals surface area contributed by atoms with E-state index in [2.05, 4.69) is 10.6 Å². The van der Waals surface area contributed by atoms with Crippen LogP contribution in [0.15, 0.2) is 18.2 Å². The van der Waals surface area contributed by atoms with Crippen molar-refractivity contribution in [3.63, 3.8) is 0 Å². The van der Waals surface area contributed by atoms with E-state index in [0.29, 0.717) is 17.1 Å². The second-order valence-electron chi connectivity index (χ2n) is 6.48. The van der Waals surface area contributed by atoms with Crippen molar-refractivity contribution in [3.05, 3.63) is 23.8 Å². The van der Waals surface area contributed by atoms with Crippen LogP contribution in [0.1, 0.15) is 56.3 Å². The quantitative estimate of drug-likeness (QED) is 0.759. The topological polar surface area (TPSA) is 93.7 Å². The third kappa shape index (κ3) is 5.47. The predicted molar refractivity (Wildman–Crippen MR) is 96.6 cm³/mol. The SMILES string of the molecule is COc1cc(C(C)=O)ccc1O[C@@H](C)C(=O)NC(=O)NC1CCCCC1. The van der Waals surface area contributed by atoms with Gasteiger partial charge >= 0.3 is 6.03 Å². The zero-order chi connectivity index (χ0) is 19.1. The maximum atomic E-state index is 12.2. The van der Waals surface area contributed by atoms with Gasteiger partial charge in [-0.3, -0.25) is 14.9 Å². The highest BCUT2D eigenvalue weighted by molar-refractivity contribution is 5.97. The normalized spacial score (nSPS) is 15.7. The van der Waals surface area contributed by atoms with Gasteiger partial charge in [0, 0.05) is 11.6 Å². The van der Waals surface area contributed by atoms with Gasteiger partial charge < -0.3 is 14.8 Å². The summed E-state index contributed by atoms with van der Waals surface area (Å²) in [7, 11) is 1.45. The summed E-state index contributed by atoms with van der Waals surface area (Å²) in [5, 5.41) is 5.13. The van der Waals surface area contributed by atoms with Crippen LogP contribution in [-0.4, -0.2) is 37.0 Å². The number of hydrogen-bond donors (Lipinski definition) is 2. The van der Waals surface area contributed by atoms with E-state index >= 15 is 0 Å². The van der Waals surface area contributed by atoms with Gasteiger partial charge in [-0.05, 0) is 44.9 Å². The van der Waals surface area contributed by atoms with E-state index < -0.39 is 18.0 Å². The smallest absolute Gasteiger partial charge is 0.321 e. The zero-order valence-electron chi connectivity index (χ0n) is 15.5. The lowest BCUT2D eigenvalue weighted by Crippen LogP contribution is -2.48. The molecule has 1 aromatic carbocycles. The van der Waals surface area contributed by atoms with Crippen molar-refractivity contribution in [2.75, 3.05) is 7.11 Å². The van der Waals surface area contributed by atoms with E-state index in [1.54, 1.807) is 25.1 Å². The lowest BCUT2D eigenvalue weighted by atomic mass is 9.96. The van der Waals surface area contributed by atoms with Crippen LogP contribution in [0.3, 0.4) is 0 Å². The first-order chi connectivity index (χ1) is 12.4. The second kappa shape index (κ2) is 9.22. The van der Waals surface area contributed by atoms with Crippen LogP contribution < -0.4 is 20.1 Å². The van der Waals surface area contributed by atoms with Crippen LogP contribution in [0.25, 0.3) is 0 Å². The number of carbonyl (C=O) groups excluding carboxylic acids is 3. The highest BCUT2D eigenvalue weighted by Gasteiger charge is 2.22. The highest BCUT2D eigenvalue weighted by atomic mass is 16.5. The lowest BCUT2D eigenvalue weighted by molar-refractivity contribution is -0.126. The van der Waals surface area contributed by atoms with Crippen molar-refractivity contribution in [1.82, 2.24) is 10.6 Å². The van der Waals surface area contributed by atoms with Gasteiger partial charge in [-0.15, -0.1) is 0 Å². The average molecular weight is 362 g/mol. The summed E-state index contributed by atoms with van der Waals surface area (Å²) >= 11 is 0. The number of amides is 3. The summed E-state index contributed by atoms with van der Waals surface area (Å²) in [6.45, 7) is 3.00. The molecule has 0 aliphatic heterocycles. The summed E-state index contributed by atoms with van der Waals surface area (Å²) < 4.78 is 10.8. The molecule has 0 unspecified atom stereocenters. The summed E-state index contributed by atoms with van der Waals surface area (Å²) in [5.41, 5.74) is 0.484. The number of nitrogens with one attached hydrogen (secondary N) is 2. The Balaban J connectivity index is 1.91. The number of ketones is 1. The molecule has 3 amide bonds. The first-order valence-electron chi connectivity index (χ1n) is 8.87. The fourth-order valence-corrected chi connectivity index (χ4v) is 2.91. The van der Waals surface area contributed by atoms with Crippen LogP contribution in [0.2, 0.25) is 0 Å². The summed E-state index contributed by atoms with van der Waals surface area (Å²) in [6.07, 6.45) is 4.35. The Kier molecular flexibility index (Phi) is 7.00. The van der Waals surface area contributed by atoms with E-state index in [1.165, 1.54) is 20.5 Å². The Morgan fingerprint density at radius 3 is 2.42 bits per heavy atom. The van der Waals surface area contributed by atoms with E-state index in [0.717, 1.165) is 25.7 Å². The molecule has 0 bridgehead atoms. The number of ether oxygens (including phenoxy) is 2. The van der Waals surface area contributed by atoms with Gasteiger partial charge in [0.2, 0.25) is 0 Å². The van der Waals surface area contributed by atoms with Crippen molar-refractivity contribution < 1.29 is 23.9 Å². The third-order valence-corrected chi connectivity index (χ3v) is 4.42. The minimum atomic E-state index is -0.899. The maximum absolute atomic E-state index is 12.2. The average Bonchev–Trinajstić information content (AvgIpc) is 2.62. The van der Waals surface area contributed by atoms with Gasteiger partial charge in [-0.1, -0.05) is 19.3 Å². The van der Waals surface area contributed by atoms with Gasteiger partial charge in [0.1, 0.15) is 0 Å². The second-order valence-corrected chi connectivity index (χ2v) is 6.48. The van der Waals surface area contributed by atoms with Crippen molar-refractivity contribution >= 4 is 17.7 Å². The molecule has 1 aliphatic rings. The molecule has 1 saturated carbocycles. The Morgan fingerprint density at radius 2 is 1.81 bits per heavy atom. The number of imide groups is 1. The predicted octanol–water partition coefficient (Wildman–Crippen LogP) is 2.82. The monoisotopic (exact) mass is 362 g/mol. The number of rotatable bonds is 6. The van der Waals surface area contributed by atoms with Crippen molar-refractivity contribution in [1.29, 1.82) is 0 Å². The minimum absolute atomic E-state index is 0.0972. The standard InChI is InChI=1S/C19H26N2O5/c1-12(22)14-9-10-16(17(11-14)25-3)26-13(2)18(23)21-19(24)20-15-7-5-4-6-8-15/h9-11,13,15H,4-8H2,1-3H3,(H2,20,21,23,24)/t13-/m0/s1. The van der Waals surface area contributed by atoms with E-state index in [4.69, 9.17) is 9.47 Å². The molecule has 0 radical (unpaired) electrons. The van der Waals surface area contributed by atoms with Gasteiger partial charge in [-0.25, -0.2) is 4.79 Å². The molecule has 7 nitrogen and oxygen atoms in total. The van der Waals surface area contributed by atoms with Crippen molar-refractivity contribution in [2.24, 2.45) is 0 Å². The van der Waals surface area contributed by atoms with E-state index in [9.17, 15) is 14.4 Å². The maximum Gasteiger partial charge on any atom is 0.321 e. The largest absolute Gasteiger partial charge is 0.493 e. The van der Waals surface area contributed by atoms with Gasteiger partial charge in [0.05, 0.1) is 7.11 Å². The molecule has 0 saturated heterocycles. The molecule has 2 rings (SSSR count). The van der Waals surface area contributed by atoms with Crippen LogP contribution in [0.4, 0.5) is 4.79 Å². The van der Waals surface area contributed by atoms with Gasteiger partial charge in [-0.2, -0.15) is 0 Å². The molecule has 0 heterocycles. The first-order valence-corrected chi connectivity index (χ1v) is 8.87. The Hall–Kier alpha value is -2.57. The Bertz CT molecular complexity index is 668. The molecular formula is C19H26N2O5. The Morgan fingerprint density at radius 1 is 1.12 bits per heavy atom. The van der Waals surface area contributed by atoms with Crippen molar-refractivity contribution in [2.45, 2.75) is 58.1 Å². The summed E-state index contributed by atoms with van der Waals surface area (Å²) in [4.78, 5) is 35.6. The number of methoxy groups -OCH3 is 1. The lowest BCUT2D eigenvalue weighted by Gasteiger charge is -2.23. The molecular weight excluding hydrogens is 336 g/mol. The van der Waals surface area contributed by atoms with E-state index in [-0.39, 0.29) is 11.8 Å². The molecule has 1 fully saturated rings. The molecule has 1 aromatic rings. The number of hydrogen-bond acceptors (Lipinski definition) is 5. The summed E-state index contributed by atoms with van der Waals surface area (Å²) in [5.74, 6) is 0.0351. The van der Waals surface area contributed by atoms with Crippen LogP contribution in [-0.2, 0) is 4.79 Å². The molecule has 142 valence electrons. The molecule has 0 aromatic heterocycles. The third-order valence-electron chi connectivity index (χ3n) is 4.42. The molecule has 1 atom stereocenters. The number of carbonyl (C=O) groups is 3. The minimum Gasteiger partial charge on any atom is -0.493 e. The van der Waals surface area contributed by atoms with E-state index in [1.807, 2.05) is 0 Å². The number of Topliss-reactive ketones (excluding diaryl/α,β-unsaturated/α-hetero) is 1. The highest BCUT2D eigenvalue weighted by Crippen LogP contribution is 2.29. The fraction of sp³-hybridized carbons (Fsp3) is 0.526. The Labute approximate surface area is 153 Å². The van der Waals surface area contributed by atoms with Gasteiger partial charge in [0.15, 0.2) is 23.4 Å². The fourth-order valence-electron chi connectivity index (χ4n) is 2.91. The van der Waals surface area contributed by atoms with Crippen molar-refractivity contribution in [3.8, 4) is 11.5 Å². The molecule has 1 aliphatic carbocycles. The van der Waals surface area contributed by atoms with Crippen LogP contribution >= 0.6 is 0 Å². The molecule has 26 heavy (non-hydrogen) atoms. The van der Waals surface area contributed by atoms with Gasteiger partial charge in [0.25, 0.3) is 5.91 Å². The molecule has 0 spiro atoms. The number of urea groups is 1. The molecule has 7 heteroatoms. The first kappa shape index (κ1) is 19.8. The molecule has 2 N–H and O–H groups in total. The van der Waals surface area contributed by atoms with Crippen LogP contribution in [0.5, 0.6) is 11.5 Å². The number of benzene rings is 1. The van der Waals surface area contributed by atoms with Crippen LogP contribution in [0, 0.1) is 0 Å².